The quantitative estimate of drug-likeness (QED) is 0.459. The molecule has 0 amide bonds. The van der Waals surface area contributed by atoms with Gasteiger partial charge in [0.1, 0.15) is 0 Å². The summed E-state index contributed by atoms with van der Waals surface area (Å²) < 4.78 is 0. The molecule has 0 saturated heterocycles. The van der Waals surface area contributed by atoms with Gasteiger partial charge in [0.05, 0.1) is 0 Å². The summed E-state index contributed by atoms with van der Waals surface area (Å²) in [6.45, 7) is 10.7. The van der Waals surface area contributed by atoms with E-state index < -0.39 is 0 Å². The van der Waals surface area contributed by atoms with Crippen LogP contribution in [0.25, 0.3) is 0 Å². The fraction of sp³-hybridized carbons (Fsp3) is 0.583. The molecular formula is C12H21N. The van der Waals surface area contributed by atoms with E-state index in [0.29, 0.717) is 0 Å². The Bertz CT molecular complexity index is 214. The lowest BCUT2D eigenvalue weighted by Crippen LogP contribution is -2.07. The summed E-state index contributed by atoms with van der Waals surface area (Å²) in [6.07, 6.45) is 9.06. The molecule has 1 nitrogen and oxygen atoms in total. The summed E-state index contributed by atoms with van der Waals surface area (Å²) in [4.78, 5) is 4.06. The average Bonchev–Trinajstić information content (AvgIpc) is 2.01. The van der Waals surface area contributed by atoms with E-state index in [1.807, 2.05) is 13.1 Å². The highest BCUT2D eigenvalue weighted by molar-refractivity contribution is 5.54. The van der Waals surface area contributed by atoms with E-state index in [1.165, 1.54) is 5.57 Å². The molecular weight excluding hydrogens is 158 g/mol. The van der Waals surface area contributed by atoms with E-state index in [9.17, 15) is 0 Å². The molecule has 0 atom stereocenters. The molecule has 0 aliphatic carbocycles. The topological polar surface area (TPSA) is 12.4 Å². The molecule has 0 unspecified atom stereocenters. The minimum atomic E-state index is 0.218. The van der Waals surface area contributed by atoms with Gasteiger partial charge >= 0.3 is 0 Å². The van der Waals surface area contributed by atoms with Crippen LogP contribution in [0.4, 0.5) is 0 Å². The first kappa shape index (κ1) is 12.2. The van der Waals surface area contributed by atoms with Crippen LogP contribution in [0.15, 0.2) is 28.9 Å². The fourth-order valence-corrected chi connectivity index (χ4v) is 1.05. The lowest BCUT2D eigenvalue weighted by Gasteiger charge is -2.19. The van der Waals surface area contributed by atoms with E-state index in [-0.39, 0.29) is 5.41 Å². The average molecular weight is 179 g/mol. The molecule has 0 N–H and O–H groups in total. The van der Waals surface area contributed by atoms with Crippen LogP contribution < -0.4 is 0 Å². The van der Waals surface area contributed by atoms with E-state index in [4.69, 9.17) is 0 Å². The van der Waals surface area contributed by atoms with Crippen LogP contribution >= 0.6 is 0 Å². The summed E-state index contributed by atoms with van der Waals surface area (Å²) >= 11 is 0. The summed E-state index contributed by atoms with van der Waals surface area (Å²) in [5, 5.41) is 0. The van der Waals surface area contributed by atoms with Gasteiger partial charge in [0, 0.05) is 12.4 Å². The molecule has 0 fully saturated rings. The maximum atomic E-state index is 4.06. The van der Waals surface area contributed by atoms with E-state index in [0.717, 1.165) is 6.42 Å². The van der Waals surface area contributed by atoms with Crippen molar-refractivity contribution in [3.8, 4) is 0 Å². The van der Waals surface area contributed by atoms with Crippen molar-refractivity contribution >= 4 is 6.21 Å². The number of aliphatic imine (C=N–C) groups is 1. The predicted molar refractivity (Wildman–Crippen MR) is 61.1 cm³/mol. The fourth-order valence-electron chi connectivity index (χ4n) is 1.05. The molecule has 0 rings (SSSR count). The van der Waals surface area contributed by atoms with E-state index in [1.54, 1.807) is 6.21 Å². The normalized spacial score (nSPS) is 14.7. The number of rotatable bonds is 3. The molecule has 0 radical (unpaired) electrons. The Morgan fingerprint density at radius 2 is 1.92 bits per heavy atom. The van der Waals surface area contributed by atoms with Crippen molar-refractivity contribution in [3.63, 3.8) is 0 Å². The second-order valence-electron chi connectivity index (χ2n) is 4.04. The summed E-state index contributed by atoms with van der Waals surface area (Å²) in [5.41, 5.74) is 1.57. The highest BCUT2D eigenvalue weighted by Gasteiger charge is 2.13. The highest BCUT2D eigenvalue weighted by Crippen LogP contribution is 2.26. The molecule has 0 aromatic carbocycles. The molecule has 74 valence electrons. The Balaban J connectivity index is 4.55. The number of allylic oxidation sites excluding steroid dienone is 3. The van der Waals surface area contributed by atoms with Gasteiger partial charge in [0.25, 0.3) is 0 Å². The zero-order chi connectivity index (χ0) is 10.3. The van der Waals surface area contributed by atoms with Crippen LogP contribution in [0.1, 0.15) is 41.0 Å². The zero-order valence-electron chi connectivity index (χ0n) is 9.46. The zero-order valence-corrected chi connectivity index (χ0v) is 9.46. The summed E-state index contributed by atoms with van der Waals surface area (Å²) in [7, 11) is 0. The second-order valence-corrected chi connectivity index (χ2v) is 4.04. The first-order valence-electron chi connectivity index (χ1n) is 4.87. The Hall–Kier alpha value is -0.850. The first-order valence-corrected chi connectivity index (χ1v) is 4.87. The standard InChI is InChI=1S/C12H21N/c1-6-8-11(12(3,4)5)9-10-13-7-2/h7-10H,6H2,1-5H3/b10-9-,11-8-,13-7-. The maximum Gasteiger partial charge on any atom is 0.0266 e. The third-order valence-electron chi connectivity index (χ3n) is 1.78. The van der Waals surface area contributed by atoms with Gasteiger partial charge in [0.2, 0.25) is 0 Å². The van der Waals surface area contributed by atoms with Gasteiger partial charge < -0.3 is 0 Å². The van der Waals surface area contributed by atoms with Crippen LogP contribution in [0.5, 0.6) is 0 Å². The molecule has 0 aliphatic rings. The van der Waals surface area contributed by atoms with Crippen molar-refractivity contribution in [3.05, 3.63) is 23.9 Å². The van der Waals surface area contributed by atoms with E-state index >= 15 is 0 Å². The number of nitrogens with zero attached hydrogens (tertiary/aromatic N) is 1. The van der Waals surface area contributed by atoms with Crippen LogP contribution in [-0.2, 0) is 0 Å². The van der Waals surface area contributed by atoms with Crippen molar-refractivity contribution in [2.45, 2.75) is 41.0 Å². The minimum absolute atomic E-state index is 0.218. The van der Waals surface area contributed by atoms with Crippen LogP contribution in [-0.4, -0.2) is 6.21 Å². The van der Waals surface area contributed by atoms with Crippen molar-refractivity contribution in [2.75, 3.05) is 0 Å². The summed E-state index contributed by atoms with van der Waals surface area (Å²) in [5.74, 6) is 0. The highest BCUT2D eigenvalue weighted by atomic mass is 14.6. The van der Waals surface area contributed by atoms with Gasteiger partial charge in [-0.1, -0.05) is 33.8 Å². The number of hydrogen-bond donors (Lipinski definition) is 0. The summed E-state index contributed by atoms with van der Waals surface area (Å²) in [6, 6.07) is 0. The van der Waals surface area contributed by atoms with Gasteiger partial charge in [-0.3, -0.25) is 4.99 Å². The second kappa shape index (κ2) is 5.74. The van der Waals surface area contributed by atoms with Gasteiger partial charge in [0.15, 0.2) is 0 Å². The Kier molecular flexibility index (Phi) is 5.36. The van der Waals surface area contributed by atoms with Crippen molar-refractivity contribution in [1.82, 2.24) is 0 Å². The predicted octanol–water partition coefficient (Wildman–Crippen LogP) is 3.97. The third kappa shape index (κ3) is 5.40. The molecule has 0 aromatic heterocycles. The number of hydrogen-bond acceptors (Lipinski definition) is 1. The molecule has 0 heterocycles. The molecule has 0 aliphatic heterocycles. The smallest absolute Gasteiger partial charge is 0.0266 e. The van der Waals surface area contributed by atoms with Crippen LogP contribution in [0.2, 0.25) is 0 Å². The molecule has 1 heteroatoms. The van der Waals surface area contributed by atoms with Gasteiger partial charge in [-0.05, 0) is 30.4 Å². The lowest BCUT2D eigenvalue weighted by molar-refractivity contribution is 0.515. The molecule has 0 spiro atoms. The van der Waals surface area contributed by atoms with Crippen molar-refractivity contribution in [1.29, 1.82) is 0 Å². The van der Waals surface area contributed by atoms with Crippen LogP contribution in [0, 0.1) is 5.41 Å². The van der Waals surface area contributed by atoms with E-state index in [2.05, 4.69) is 44.8 Å². The van der Waals surface area contributed by atoms with Crippen molar-refractivity contribution < 1.29 is 0 Å². The van der Waals surface area contributed by atoms with Gasteiger partial charge in [-0.25, -0.2) is 0 Å². The Labute approximate surface area is 82.3 Å². The third-order valence-corrected chi connectivity index (χ3v) is 1.78. The molecule has 0 aromatic rings. The molecule has 0 saturated carbocycles. The lowest BCUT2D eigenvalue weighted by atomic mass is 9.86. The van der Waals surface area contributed by atoms with Gasteiger partial charge in [-0.2, -0.15) is 0 Å². The minimum Gasteiger partial charge on any atom is -0.269 e. The maximum absolute atomic E-state index is 4.06. The monoisotopic (exact) mass is 179 g/mol. The molecule has 0 bridgehead atoms. The van der Waals surface area contributed by atoms with Gasteiger partial charge in [-0.15, -0.1) is 0 Å². The first-order chi connectivity index (χ1) is 6.02. The Morgan fingerprint density at radius 3 is 2.31 bits per heavy atom. The van der Waals surface area contributed by atoms with Crippen LogP contribution in [0.3, 0.4) is 0 Å². The SMILES string of the molecule is C\C=N/C=C\C(=C\CC)C(C)(C)C. The molecule has 13 heavy (non-hydrogen) atoms. The van der Waals surface area contributed by atoms with Crippen molar-refractivity contribution in [2.24, 2.45) is 10.4 Å². The largest absolute Gasteiger partial charge is 0.269 e. The Morgan fingerprint density at radius 1 is 1.31 bits per heavy atom.